The Morgan fingerprint density at radius 3 is 2.85 bits per heavy atom. The molecule has 0 radical (unpaired) electrons. The second kappa shape index (κ2) is 3.46. The highest BCUT2D eigenvalue weighted by Gasteiger charge is 2.20. The van der Waals surface area contributed by atoms with Gasteiger partial charge in [-0.2, -0.15) is 0 Å². The molecule has 4 heteroatoms. The third kappa shape index (κ3) is 1.58. The third-order valence-corrected chi connectivity index (χ3v) is 2.79. The van der Waals surface area contributed by atoms with Gasteiger partial charge in [0.15, 0.2) is 0 Å². The molecular formula is C9H16N4. The number of hydrogen-bond donors (Lipinski definition) is 1. The fraction of sp³-hybridized carbons (Fsp3) is 0.778. The van der Waals surface area contributed by atoms with E-state index >= 15 is 0 Å². The zero-order valence-electron chi connectivity index (χ0n) is 8.25. The normalized spacial score (nSPS) is 23.4. The highest BCUT2D eigenvalue weighted by molar-refractivity contribution is 5.02. The molecule has 1 saturated heterocycles. The van der Waals surface area contributed by atoms with E-state index in [-0.39, 0.29) is 0 Å². The molecule has 0 bridgehead atoms. The van der Waals surface area contributed by atoms with Gasteiger partial charge in [-0.15, -0.1) is 10.2 Å². The molecule has 1 unspecified atom stereocenters. The monoisotopic (exact) mass is 180 g/mol. The molecule has 2 rings (SSSR count). The molecule has 1 atom stereocenters. The van der Waals surface area contributed by atoms with E-state index in [4.69, 9.17) is 0 Å². The van der Waals surface area contributed by atoms with Crippen LogP contribution in [-0.2, 0) is 7.05 Å². The van der Waals surface area contributed by atoms with Crippen LogP contribution in [0, 0.1) is 6.92 Å². The van der Waals surface area contributed by atoms with E-state index in [0.29, 0.717) is 5.92 Å². The predicted octanol–water partition coefficient (Wildman–Crippen LogP) is 0.591. The van der Waals surface area contributed by atoms with E-state index < -0.39 is 0 Å². The molecule has 1 fully saturated rings. The van der Waals surface area contributed by atoms with Gasteiger partial charge in [-0.3, -0.25) is 0 Å². The van der Waals surface area contributed by atoms with Crippen LogP contribution >= 0.6 is 0 Å². The van der Waals surface area contributed by atoms with E-state index in [1.807, 2.05) is 14.0 Å². The zero-order valence-corrected chi connectivity index (χ0v) is 8.25. The zero-order chi connectivity index (χ0) is 9.26. The molecule has 2 heterocycles. The van der Waals surface area contributed by atoms with Crippen molar-refractivity contribution in [2.75, 3.05) is 13.1 Å². The number of nitrogens with zero attached hydrogens (tertiary/aromatic N) is 3. The van der Waals surface area contributed by atoms with Crippen LogP contribution in [0.3, 0.4) is 0 Å². The number of rotatable bonds is 1. The summed E-state index contributed by atoms with van der Waals surface area (Å²) in [7, 11) is 2.04. The minimum atomic E-state index is 0.556. The lowest BCUT2D eigenvalue weighted by Gasteiger charge is -2.21. The summed E-state index contributed by atoms with van der Waals surface area (Å²) in [6.07, 6.45) is 2.48. The van der Waals surface area contributed by atoms with E-state index in [1.54, 1.807) is 0 Å². The van der Waals surface area contributed by atoms with Crippen molar-refractivity contribution >= 4 is 0 Å². The molecule has 1 aliphatic rings. The van der Waals surface area contributed by atoms with E-state index in [1.165, 1.54) is 12.8 Å². The van der Waals surface area contributed by atoms with Crippen molar-refractivity contribution in [3.63, 3.8) is 0 Å². The number of aromatic nitrogens is 3. The van der Waals surface area contributed by atoms with Gasteiger partial charge < -0.3 is 9.88 Å². The molecule has 1 aliphatic heterocycles. The van der Waals surface area contributed by atoms with Crippen molar-refractivity contribution in [3.8, 4) is 0 Å². The number of aryl methyl sites for hydroxylation is 1. The minimum Gasteiger partial charge on any atom is -0.318 e. The molecule has 1 N–H and O–H groups in total. The molecule has 72 valence electrons. The first-order chi connectivity index (χ1) is 6.29. The number of hydrogen-bond acceptors (Lipinski definition) is 3. The smallest absolute Gasteiger partial charge is 0.137 e. The molecule has 0 saturated carbocycles. The third-order valence-electron chi connectivity index (χ3n) is 2.79. The Hall–Kier alpha value is -0.900. The first-order valence-corrected chi connectivity index (χ1v) is 4.85. The van der Waals surface area contributed by atoms with Gasteiger partial charge in [0.05, 0.1) is 0 Å². The molecular weight excluding hydrogens is 164 g/mol. The summed E-state index contributed by atoms with van der Waals surface area (Å²) in [5.41, 5.74) is 0. The Bertz CT molecular complexity index is 286. The maximum atomic E-state index is 4.21. The summed E-state index contributed by atoms with van der Waals surface area (Å²) in [5, 5.41) is 11.7. The van der Waals surface area contributed by atoms with Crippen LogP contribution in [0.25, 0.3) is 0 Å². The van der Waals surface area contributed by atoms with Crippen molar-refractivity contribution in [2.24, 2.45) is 7.05 Å². The lowest BCUT2D eigenvalue weighted by molar-refractivity contribution is 0.437. The molecule has 1 aromatic rings. The van der Waals surface area contributed by atoms with Crippen LogP contribution in [0.4, 0.5) is 0 Å². The van der Waals surface area contributed by atoms with Crippen molar-refractivity contribution in [1.29, 1.82) is 0 Å². The Kier molecular flexibility index (Phi) is 2.31. The van der Waals surface area contributed by atoms with Gasteiger partial charge in [0.1, 0.15) is 11.6 Å². The van der Waals surface area contributed by atoms with Crippen LogP contribution in [0.15, 0.2) is 0 Å². The highest BCUT2D eigenvalue weighted by atomic mass is 15.3. The molecule has 0 aliphatic carbocycles. The van der Waals surface area contributed by atoms with Gasteiger partial charge in [0.25, 0.3) is 0 Å². The van der Waals surface area contributed by atoms with E-state index in [0.717, 1.165) is 24.7 Å². The van der Waals surface area contributed by atoms with Crippen LogP contribution in [-0.4, -0.2) is 27.9 Å². The molecule has 4 nitrogen and oxygen atoms in total. The summed E-state index contributed by atoms with van der Waals surface area (Å²) in [6, 6.07) is 0. The van der Waals surface area contributed by atoms with Crippen LogP contribution in [0.1, 0.15) is 30.4 Å². The highest BCUT2D eigenvalue weighted by Crippen LogP contribution is 2.20. The van der Waals surface area contributed by atoms with Crippen LogP contribution < -0.4 is 5.32 Å². The Balaban J connectivity index is 2.18. The summed E-state index contributed by atoms with van der Waals surface area (Å²) < 4.78 is 2.09. The fourth-order valence-electron chi connectivity index (χ4n) is 1.85. The average Bonchev–Trinajstić information content (AvgIpc) is 2.49. The lowest BCUT2D eigenvalue weighted by atomic mass is 9.99. The summed E-state index contributed by atoms with van der Waals surface area (Å²) >= 11 is 0. The maximum Gasteiger partial charge on any atom is 0.137 e. The second-order valence-electron chi connectivity index (χ2n) is 3.71. The first-order valence-electron chi connectivity index (χ1n) is 4.85. The summed E-state index contributed by atoms with van der Waals surface area (Å²) in [4.78, 5) is 0. The van der Waals surface area contributed by atoms with Crippen molar-refractivity contribution in [1.82, 2.24) is 20.1 Å². The van der Waals surface area contributed by atoms with Gasteiger partial charge in [-0.25, -0.2) is 0 Å². The maximum absolute atomic E-state index is 4.21. The van der Waals surface area contributed by atoms with Gasteiger partial charge in [0.2, 0.25) is 0 Å². The van der Waals surface area contributed by atoms with Gasteiger partial charge in [-0.05, 0) is 26.3 Å². The quantitative estimate of drug-likeness (QED) is 0.688. The van der Waals surface area contributed by atoms with E-state index in [9.17, 15) is 0 Å². The standard InChI is InChI=1S/C9H16N4/c1-7-11-12-9(13(7)2)8-4-3-5-10-6-8/h8,10H,3-6H2,1-2H3. The topological polar surface area (TPSA) is 42.7 Å². The number of nitrogens with one attached hydrogen (secondary N) is 1. The first kappa shape index (κ1) is 8.69. The largest absolute Gasteiger partial charge is 0.318 e. The Labute approximate surface area is 78.4 Å². The van der Waals surface area contributed by atoms with E-state index in [2.05, 4.69) is 20.1 Å². The molecule has 0 spiro atoms. The second-order valence-corrected chi connectivity index (χ2v) is 3.71. The van der Waals surface area contributed by atoms with Crippen LogP contribution in [0.5, 0.6) is 0 Å². The number of piperidine rings is 1. The predicted molar refractivity (Wildman–Crippen MR) is 50.6 cm³/mol. The summed E-state index contributed by atoms with van der Waals surface area (Å²) in [6.45, 7) is 4.19. The summed E-state index contributed by atoms with van der Waals surface area (Å²) in [5.74, 6) is 2.69. The lowest BCUT2D eigenvalue weighted by Crippen LogP contribution is -2.29. The Morgan fingerprint density at radius 2 is 2.31 bits per heavy atom. The van der Waals surface area contributed by atoms with Gasteiger partial charge >= 0.3 is 0 Å². The van der Waals surface area contributed by atoms with Crippen molar-refractivity contribution in [2.45, 2.75) is 25.7 Å². The molecule has 0 amide bonds. The van der Waals surface area contributed by atoms with Gasteiger partial charge in [-0.1, -0.05) is 0 Å². The average molecular weight is 180 g/mol. The molecule has 1 aromatic heterocycles. The van der Waals surface area contributed by atoms with Gasteiger partial charge in [0, 0.05) is 19.5 Å². The van der Waals surface area contributed by atoms with Crippen molar-refractivity contribution < 1.29 is 0 Å². The van der Waals surface area contributed by atoms with Crippen LogP contribution in [0.2, 0.25) is 0 Å². The molecule has 13 heavy (non-hydrogen) atoms. The Morgan fingerprint density at radius 1 is 1.46 bits per heavy atom. The molecule has 0 aromatic carbocycles. The minimum absolute atomic E-state index is 0.556. The fourth-order valence-corrected chi connectivity index (χ4v) is 1.85. The van der Waals surface area contributed by atoms with Crippen molar-refractivity contribution in [3.05, 3.63) is 11.6 Å². The SMILES string of the molecule is Cc1nnc(C2CCCNC2)n1C.